The number of aromatic carboxylic acids is 1. The molecule has 0 aliphatic heterocycles. The first-order valence-electron chi connectivity index (χ1n) is 6.03. The number of carbonyl (C=O) groups is 2. The number of carbonyl (C=O) groups excluding carboxylic acids is 1. The van der Waals surface area contributed by atoms with Crippen LogP contribution in [0.1, 0.15) is 32.0 Å². The first-order chi connectivity index (χ1) is 10.0. The van der Waals surface area contributed by atoms with Gasteiger partial charge in [-0.05, 0) is 30.7 Å². The summed E-state index contributed by atoms with van der Waals surface area (Å²) >= 11 is 0. The molecule has 1 amide bonds. The largest absolute Gasteiger partial charge is 0.478 e. The molecule has 1 aromatic carbocycles. The Morgan fingerprint density at radius 1 is 1.29 bits per heavy atom. The van der Waals surface area contributed by atoms with Gasteiger partial charge in [-0.15, -0.1) is 0 Å². The number of anilines is 1. The van der Waals surface area contributed by atoms with Crippen molar-refractivity contribution in [3.8, 4) is 6.07 Å². The fourth-order valence-corrected chi connectivity index (χ4v) is 1.84. The SMILES string of the molecule is Cc1cccc(NC(=O)c2ccc(C#N)cn2)c1C(=O)O. The quantitative estimate of drug-likeness (QED) is 0.897. The summed E-state index contributed by atoms with van der Waals surface area (Å²) in [6.07, 6.45) is 1.28. The topological polar surface area (TPSA) is 103 Å². The van der Waals surface area contributed by atoms with Crippen molar-refractivity contribution in [2.24, 2.45) is 0 Å². The van der Waals surface area contributed by atoms with E-state index in [0.29, 0.717) is 11.1 Å². The molecule has 104 valence electrons. The predicted molar refractivity (Wildman–Crippen MR) is 75.0 cm³/mol. The highest BCUT2D eigenvalue weighted by Gasteiger charge is 2.16. The average molecular weight is 281 g/mol. The van der Waals surface area contributed by atoms with Gasteiger partial charge in [-0.1, -0.05) is 12.1 Å². The molecule has 0 saturated heterocycles. The summed E-state index contributed by atoms with van der Waals surface area (Å²) in [5.74, 6) is -1.65. The highest BCUT2D eigenvalue weighted by molar-refractivity contribution is 6.07. The number of nitriles is 1. The van der Waals surface area contributed by atoms with Gasteiger partial charge in [0.15, 0.2) is 0 Å². The van der Waals surface area contributed by atoms with E-state index in [1.165, 1.54) is 24.4 Å². The Morgan fingerprint density at radius 2 is 2.05 bits per heavy atom. The second-order valence-corrected chi connectivity index (χ2v) is 4.30. The van der Waals surface area contributed by atoms with E-state index in [1.54, 1.807) is 19.1 Å². The van der Waals surface area contributed by atoms with E-state index in [0.717, 1.165) is 0 Å². The average Bonchev–Trinajstić information content (AvgIpc) is 2.47. The Balaban J connectivity index is 2.29. The summed E-state index contributed by atoms with van der Waals surface area (Å²) in [5.41, 5.74) is 1.24. The Labute approximate surface area is 120 Å². The molecule has 0 aliphatic rings. The fourth-order valence-electron chi connectivity index (χ4n) is 1.84. The summed E-state index contributed by atoms with van der Waals surface area (Å²) in [4.78, 5) is 27.2. The molecule has 2 rings (SSSR count). The van der Waals surface area contributed by atoms with E-state index in [1.807, 2.05) is 6.07 Å². The van der Waals surface area contributed by atoms with Gasteiger partial charge in [-0.25, -0.2) is 9.78 Å². The summed E-state index contributed by atoms with van der Waals surface area (Å²) in [6, 6.07) is 9.60. The monoisotopic (exact) mass is 281 g/mol. The maximum atomic E-state index is 12.1. The number of benzene rings is 1. The van der Waals surface area contributed by atoms with Gasteiger partial charge >= 0.3 is 5.97 Å². The summed E-state index contributed by atoms with van der Waals surface area (Å²) in [7, 11) is 0. The molecular weight excluding hydrogens is 270 g/mol. The van der Waals surface area contributed by atoms with Gasteiger partial charge in [0.2, 0.25) is 0 Å². The normalized spacial score (nSPS) is 9.71. The van der Waals surface area contributed by atoms with Gasteiger partial charge in [0.1, 0.15) is 11.8 Å². The van der Waals surface area contributed by atoms with Crippen molar-refractivity contribution in [2.45, 2.75) is 6.92 Å². The number of hydrogen-bond acceptors (Lipinski definition) is 4. The van der Waals surface area contributed by atoms with E-state index in [2.05, 4.69) is 10.3 Å². The minimum absolute atomic E-state index is 0.0412. The highest BCUT2D eigenvalue weighted by Crippen LogP contribution is 2.20. The van der Waals surface area contributed by atoms with Crippen LogP contribution < -0.4 is 5.32 Å². The van der Waals surface area contributed by atoms with Crippen LogP contribution in [0, 0.1) is 18.3 Å². The molecule has 2 aromatic rings. The van der Waals surface area contributed by atoms with Crippen LogP contribution in [0.15, 0.2) is 36.5 Å². The predicted octanol–water partition coefficient (Wildman–Crippen LogP) is 2.21. The Bertz CT molecular complexity index is 746. The molecule has 0 saturated carbocycles. The number of aromatic nitrogens is 1. The second-order valence-electron chi connectivity index (χ2n) is 4.30. The van der Waals surface area contributed by atoms with Gasteiger partial charge in [0.25, 0.3) is 5.91 Å². The number of pyridine rings is 1. The standard InChI is InChI=1S/C15H11N3O3/c1-9-3-2-4-11(13(9)15(20)21)18-14(19)12-6-5-10(7-16)8-17-12/h2-6,8H,1H3,(H,18,19)(H,20,21). The zero-order chi connectivity index (χ0) is 15.4. The molecule has 0 unspecified atom stereocenters. The summed E-state index contributed by atoms with van der Waals surface area (Å²) in [5, 5.41) is 20.4. The number of aryl methyl sites for hydroxylation is 1. The lowest BCUT2D eigenvalue weighted by Crippen LogP contribution is -2.16. The summed E-state index contributed by atoms with van der Waals surface area (Å²) < 4.78 is 0. The van der Waals surface area contributed by atoms with Crippen molar-refractivity contribution in [3.05, 3.63) is 58.9 Å². The molecule has 1 heterocycles. The number of nitrogens with zero attached hydrogens (tertiary/aromatic N) is 2. The molecule has 6 nitrogen and oxygen atoms in total. The van der Waals surface area contributed by atoms with Crippen molar-refractivity contribution in [1.82, 2.24) is 4.98 Å². The zero-order valence-electron chi connectivity index (χ0n) is 11.1. The molecule has 2 N–H and O–H groups in total. The van der Waals surface area contributed by atoms with Crippen molar-refractivity contribution < 1.29 is 14.7 Å². The zero-order valence-corrected chi connectivity index (χ0v) is 11.1. The number of hydrogen-bond donors (Lipinski definition) is 2. The van der Waals surface area contributed by atoms with Crippen LogP contribution in [-0.2, 0) is 0 Å². The van der Waals surface area contributed by atoms with Crippen molar-refractivity contribution in [2.75, 3.05) is 5.32 Å². The first-order valence-corrected chi connectivity index (χ1v) is 6.03. The smallest absolute Gasteiger partial charge is 0.338 e. The maximum Gasteiger partial charge on any atom is 0.338 e. The third kappa shape index (κ3) is 3.04. The third-order valence-corrected chi connectivity index (χ3v) is 2.86. The number of nitrogens with one attached hydrogen (secondary N) is 1. The van der Waals surface area contributed by atoms with Crippen LogP contribution in [-0.4, -0.2) is 22.0 Å². The van der Waals surface area contributed by atoms with Gasteiger partial charge in [0.05, 0.1) is 16.8 Å². The van der Waals surface area contributed by atoms with Gasteiger partial charge in [0, 0.05) is 6.20 Å². The van der Waals surface area contributed by atoms with E-state index in [9.17, 15) is 14.7 Å². The molecule has 21 heavy (non-hydrogen) atoms. The third-order valence-electron chi connectivity index (χ3n) is 2.86. The molecule has 6 heteroatoms. The Hall–Kier alpha value is -3.20. The molecule has 0 spiro atoms. The Morgan fingerprint density at radius 3 is 2.62 bits per heavy atom. The molecule has 0 aliphatic carbocycles. The van der Waals surface area contributed by atoms with Crippen molar-refractivity contribution in [1.29, 1.82) is 5.26 Å². The van der Waals surface area contributed by atoms with Gasteiger partial charge < -0.3 is 10.4 Å². The highest BCUT2D eigenvalue weighted by atomic mass is 16.4. The minimum Gasteiger partial charge on any atom is -0.478 e. The lowest BCUT2D eigenvalue weighted by atomic mass is 10.1. The maximum absolute atomic E-state index is 12.1. The van der Waals surface area contributed by atoms with Crippen LogP contribution in [0.4, 0.5) is 5.69 Å². The molecular formula is C15H11N3O3. The number of rotatable bonds is 3. The van der Waals surface area contributed by atoms with E-state index >= 15 is 0 Å². The number of carboxylic acids is 1. The molecule has 0 atom stereocenters. The Kier molecular flexibility index (Phi) is 3.95. The fraction of sp³-hybridized carbons (Fsp3) is 0.0667. The van der Waals surface area contributed by atoms with E-state index in [4.69, 9.17) is 5.26 Å². The van der Waals surface area contributed by atoms with Crippen LogP contribution in [0.5, 0.6) is 0 Å². The van der Waals surface area contributed by atoms with Crippen LogP contribution in [0.3, 0.4) is 0 Å². The van der Waals surface area contributed by atoms with Crippen LogP contribution >= 0.6 is 0 Å². The first kappa shape index (κ1) is 14.2. The van der Waals surface area contributed by atoms with Crippen molar-refractivity contribution >= 4 is 17.6 Å². The lowest BCUT2D eigenvalue weighted by molar-refractivity contribution is 0.0697. The summed E-state index contributed by atoms with van der Waals surface area (Å²) in [6.45, 7) is 1.65. The minimum atomic E-state index is -1.11. The molecule has 1 aromatic heterocycles. The molecule has 0 bridgehead atoms. The lowest BCUT2D eigenvalue weighted by Gasteiger charge is -2.10. The van der Waals surface area contributed by atoms with Crippen LogP contribution in [0.25, 0.3) is 0 Å². The van der Waals surface area contributed by atoms with Gasteiger partial charge in [-0.2, -0.15) is 5.26 Å². The number of amides is 1. The second kappa shape index (κ2) is 5.84. The molecule has 0 radical (unpaired) electrons. The van der Waals surface area contributed by atoms with E-state index < -0.39 is 11.9 Å². The number of carboxylic acid groups (broad SMARTS) is 1. The van der Waals surface area contributed by atoms with Crippen molar-refractivity contribution in [3.63, 3.8) is 0 Å². The molecule has 0 fully saturated rings. The van der Waals surface area contributed by atoms with E-state index in [-0.39, 0.29) is 16.9 Å². The van der Waals surface area contributed by atoms with Crippen LogP contribution in [0.2, 0.25) is 0 Å². The van der Waals surface area contributed by atoms with Gasteiger partial charge in [-0.3, -0.25) is 4.79 Å².